The lowest BCUT2D eigenvalue weighted by Gasteiger charge is -2.33. The van der Waals surface area contributed by atoms with Gasteiger partial charge in [0, 0.05) is 31.9 Å². The summed E-state index contributed by atoms with van der Waals surface area (Å²) < 4.78 is 20.0. The zero-order valence-electron chi connectivity index (χ0n) is 23.3. The molecule has 0 bridgehead atoms. The highest BCUT2D eigenvalue weighted by molar-refractivity contribution is 7.21. The van der Waals surface area contributed by atoms with Crippen LogP contribution in [0.5, 0.6) is 11.5 Å². The molecule has 0 spiro atoms. The number of rotatable bonds is 7. The van der Waals surface area contributed by atoms with E-state index in [0.717, 1.165) is 11.6 Å². The summed E-state index contributed by atoms with van der Waals surface area (Å²) in [6.45, 7) is 2.39. The standard InChI is InChI=1S/C31H29FN6O4S/c1-18-16-21(42-20-7-3-2-4-8-20)9-10-23(18)38-24-12-14-34-29-25(24)26(36-31(38)41)27(43-29)28(39)35-19-6-5-15-37(17-19)30(40)22(32)11-13-33/h2-4,7-12,14,16,19H,5-6,13,15,17,33H2,1H3,(H,35,39)(H,36,41)/b22-11-/t19-/m1/s1. The quantitative estimate of drug-likeness (QED) is 0.236. The minimum absolute atomic E-state index is 0.0764. The number of likely N-dealkylation sites (tertiary alicyclic amines) is 1. The molecule has 4 amide bonds. The number of amides is 4. The molecule has 2 aromatic heterocycles. The second kappa shape index (κ2) is 11.8. The van der Waals surface area contributed by atoms with Gasteiger partial charge in [-0.1, -0.05) is 18.2 Å². The molecule has 0 radical (unpaired) electrons. The summed E-state index contributed by atoms with van der Waals surface area (Å²) in [5.41, 5.74) is 7.82. The molecule has 12 heteroatoms. The minimum Gasteiger partial charge on any atom is -0.457 e. The summed E-state index contributed by atoms with van der Waals surface area (Å²) in [5.74, 6) is -0.687. The largest absolute Gasteiger partial charge is 0.457 e. The van der Waals surface area contributed by atoms with Gasteiger partial charge in [0.05, 0.1) is 22.4 Å². The van der Waals surface area contributed by atoms with Crippen molar-refractivity contribution in [3.8, 4) is 11.5 Å². The topological polar surface area (TPSA) is 130 Å². The second-order valence-electron chi connectivity index (χ2n) is 10.3. The molecule has 0 saturated carbocycles. The third kappa shape index (κ3) is 5.54. The highest BCUT2D eigenvalue weighted by Gasteiger charge is 2.34. The van der Waals surface area contributed by atoms with Crippen molar-refractivity contribution in [2.45, 2.75) is 25.8 Å². The second-order valence-corrected chi connectivity index (χ2v) is 11.3. The van der Waals surface area contributed by atoms with Crippen molar-refractivity contribution in [1.29, 1.82) is 0 Å². The van der Waals surface area contributed by atoms with Crippen LogP contribution in [0.4, 0.5) is 26.2 Å². The van der Waals surface area contributed by atoms with E-state index >= 15 is 0 Å². The van der Waals surface area contributed by atoms with Crippen molar-refractivity contribution in [2.24, 2.45) is 5.73 Å². The maximum Gasteiger partial charge on any atom is 0.331 e. The zero-order valence-corrected chi connectivity index (χ0v) is 24.1. The molecule has 6 rings (SSSR count). The van der Waals surface area contributed by atoms with Crippen molar-refractivity contribution >= 4 is 56.5 Å². The lowest BCUT2D eigenvalue weighted by Crippen LogP contribution is -2.49. The Labute approximate surface area is 250 Å². The molecule has 4 aromatic rings. The van der Waals surface area contributed by atoms with Gasteiger partial charge in [-0.2, -0.15) is 0 Å². The number of ether oxygens (including phenoxy) is 1. The lowest BCUT2D eigenvalue weighted by atomic mass is 10.0. The Balaban J connectivity index is 1.25. The molecule has 220 valence electrons. The fourth-order valence-electron chi connectivity index (χ4n) is 5.42. The van der Waals surface area contributed by atoms with Gasteiger partial charge in [-0.15, -0.1) is 11.3 Å². The van der Waals surface area contributed by atoms with Crippen LogP contribution in [0, 0.1) is 6.92 Å². The SMILES string of the molecule is Cc1cc(Oc2ccccc2)ccc1N1C(=O)Nc2c(C(=O)N[C@@H]3CCCN(C(=O)/C(F)=C/CN)C3)sc3nccc1c23. The van der Waals surface area contributed by atoms with Crippen molar-refractivity contribution < 1.29 is 23.5 Å². The first kappa shape index (κ1) is 28.3. The number of hydrogen-bond donors (Lipinski definition) is 3. The van der Waals surface area contributed by atoms with E-state index in [1.807, 2.05) is 49.4 Å². The molecule has 2 aromatic carbocycles. The number of aryl methyl sites for hydroxylation is 1. The molecule has 1 fully saturated rings. The fourth-order valence-corrected chi connectivity index (χ4v) is 6.45. The number of pyridine rings is 1. The number of piperidine rings is 1. The summed E-state index contributed by atoms with van der Waals surface area (Å²) >= 11 is 1.18. The number of benzene rings is 2. The summed E-state index contributed by atoms with van der Waals surface area (Å²) in [7, 11) is 0. The van der Waals surface area contributed by atoms with Crippen LogP contribution in [-0.2, 0) is 4.79 Å². The number of nitrogens with one attached hydrogen (secondary N) is 2. The molecule has 1 saturated heterocycles. The van der Waals surface area contributed by atoms with Gasteiger partial charge in [-0.3, -0.25) is 14.5 Å². The van der Waals surface area contributed by atoms with Gasteiger partial charge in [0.1, 0.15) is 21.2 Å². The molecular formula is C31H29FN6O4S. The maximum absolute atomic E-state index is 14.1. The van der Waals surface area contributed by atoms with E-state index in [2.05, 4.69) is 15.6 Å². The van der Waals surface area contributed by atoms with Gasteiger partial charge < -0.3 is 26.0 Å². The molecular weight excluding hydrogens is 571 g/mol. The molecule has 2 aliphatic rings. The molecule has 0 aliphatic carbocycles. The minimum atomic E-state index is -0.900. The fraction of sp³-hybridized carbons (Fsp3) is 0.226. The van der Waals surface area contributed by atoms with Gasteiger partial charge in [0.25, 0.3) is 11.8 Å². The molecule has 2 aliphatic heterocycles. The Bertz CT molecular complexity index is 1760. The van der Waals surface area contributed by atoms with E-state index in [1.54, 1.807) is 23.2 Å². The predicted octanol–water partition coefficient (Wildman–Crippen LogP) is 5.61. The average molecular weight is 601 g/mol. The number of halogens is 1. The molecule has 4 N–H and O–H groups in total. The van der Waals surface area contributed by atoms with Gasteiger partial charge >= 0.3 is 6.03 Å². The van der Waals surface area contributed by atoms with E-state index < -0.39 is 23.7 Å². The van der Waals surface area contributed by atoms with Crippen LogP contribution in [0.25, 0.3) is 10.2 Å². The number of aromatic nitrogens is 1. The number of carbonyl (C=O) groups excluding carboxylic acids is 3. The number of anilines is 3. The van der Waals surface area contributed by atoms with Crippen LogP contribution in [-0.4, -0.2) is 53.4 Å². The van der Waals surface area contributed by atoms with E-state index in [9.17, 15) is 18.8 Å². The first-order valence-corrected chi connectivity index (χ1v) is 14.7. The van der Waals surface area contributed by atoms with Crippen LogP contribution < -0.4 is 26.0 Å². The van der Waals surface area contributed by atoms with Gasteiger partial charge in [-0.05, 0) is 67.8 Å². The van der Waals surface area contributed by atoms with Gasteiger partial charge in [-0.25, -0.2) is 14.2 Å². The van der Waals surface area contributed by atoms with E-state index in [4.69, 9.17) is 10.5 Å². The van der Waals surface area contributed by atoms with Crippen LogP contribution >= 0.6 is 11.3 Å². The predicted molar refractivity (Wildman–Crippen MR) is 164 cm³/mol. The highest BCUT2D eigenvalue weighted by atomic mass is 32.1. The number of carbonyl (C=O) groups is 3. The van der Waals surface area contributed by atoms with Crippen LogP contribution in [0.1, 0.15) is 28.1 Å². The van der Waals surface area contributed by atoms with Crippen molar-refractivity contribution in [3.05, 3.63) is 83.1 Å². The number of nitrogens with two attached hydrogens (primary N) is 1. The van der Waals surface area contributed by atoms with Crippen molar-refractivity contribution in [3.63, 3.8) is 0 Å². The third-order valence-corrected chi connectivity index (χ3v) is 8.48. The number of urea groups is 1. The maximum atomic E-state index is 14.1. The summed E-state index contributed by atoms with van der Waals surface area (Å²) in [4.78, 5) is 47.8. The third-order valence-electron chi connectivity index (χ3n) is 7.39. The van der Waals surface area contributed by atoms with Crippen LogP contribution in [0.2, 0.25) is 0 Å². The zero-order chi connectivity index (χ0) is 30.1. The number of nitrogens with zero attached hydrogens (tertiary/aromatic N) is 3. The average Bonchev–Trinajstić information content (AvgIpc) is 3.38. The van der Waals surface area contributed by atoms with Gasteiger partial charge in [0.15, 0.2) is 5.83 Å². The molecule has 43 heavy (non-hydrogen) atoms. The van der Waals surface area contributed by atoms with Crippen molar-refractivity contribution in [2.75, 3.05) is 29.9 Å². The van der Waals surface area contributed by atoms with Crippen molar-refractivity contribution in [1.82, 2.24) is 15.2 Å². The van der Waals surface area contributed by atoms with Crippen LogP contribution in [0.3, 0.4) is 0 Å². The summed E-state index contributed by atoms with van der Waals surface area (Å²) in [6.07, 6.45) is 3.89. The first-order valence-electron chi connectivity index (χ1n) is 13.9. The number of thiophene rings is 1. The van der Waals surface area contributed by atoms with E-state index in [1.165, 1.54) is 16.2 Å². The molecule has 10 nitrogen and oxygen atoms in total. The smallest absolute Gasteiger partial charge is 0.331 e. The Kier molecular flexibility index (Phi) is 7.78. The molecule has 4 heterocycles. The summed E-state index contributed by atoms with van der Waals surface area (Å²) in [6, 6.07) is 15.9. The Morgan fingerprint density at radius 3 is 2.77 bits per heavy atom. The normalized spacial score (nSPS) is 16.7. The molecule has 0 unspecified atom stereocenters. The lowest BCUT2D eigenvalue weighted by molar-refractivity contribution is -0.130. The highest BCUT2D eigenvalue weighted by Crippen LogP contribution is 2.46. The van der Waals surface area contributed by atoms with Gasteiger partial charge in [0.2, 0.25) is 0 Å². The summed E-state index contributed by atoms with van der Waals surface area (Å²) in [5, 5.41) is 6.54. The first-order chi connectivity index (χ1) is 20.8. The van der Waals surface area contributed by atoms with E-state index in [-0.39, 0.29) is 19.1 Å². The van der Waals surface area contributed by atoms with E-state index in [0.29, 0.717) is 63.0 Å². The number of para-hydroxylation sites is 1. The number of hydrogen-bond acceptors (Lipinski definition) is 7. The monoisotopic (exact) mass is 600 g/mol. The Hall–Kier alpha value is -4.81. The molecule has 1 atom stereocenters. The Morgan fingerprint density at radius 1 is 1.19 bits per heavy atom. The van der Waals surface area contributed by atoms with Crippen LogP contribution in [0.15, 0.2) is 72.7 Å². The Morgan fingerprint density at radius 2 is 2.00 bits per heavy atom.